The molecule has 1 aliphatic carbocycles. The van der Waals surface area contributed by atoms with E-state index in [2.05, 4.69) is 12.2 Å². The van der Waals surface area contributed by atoms with Gasteiger partial charge in [0.15, 0.2) is 0 Å². The summed E-state index contributed by atoms with van der Waals surface area (Å²) in [7, 11) is 1.92. The quantitative estimate of drug-likeness (QED) is 0.779. The van der Waals surface area contributed by atoms with Crippen molar-refractivity contribution >= 4 is 6.03 Å². The first-order valence-electron chi connectivity index (χ1n) is 7.74. The van der Waals surface area contributed by atoms with Gasteiger partial charge in [-0.15, -0.1) is 0 Å². The van der Waals surface area contributed by atoms with Crippen molar-refractivity contribution in [3.05, 3.63) is 0 Å². The van der Waals surface area contributed by atoms with E-state index in [1.54, 1.807) is 0 Å². The second-order valence-corrected chi connectivity index (χ2v) is 5.85. The van der Waals surface area contributed by atoms with Crippen LogP contribution in [0, 0.1) is 5.92 Å². The van der Waals surface area contributed by atoms with Crippen LogP contribution in [0.1, 0.15) is 58.8 Å². The molecule has 0 spiro atoms. The zero-order valence-electron chi connectivity index (χ0n) is 12.7. The number of carbonyl (C=O) groups excluding carboxylic acids is 1. The van der Waals surface area contributed by atoms with E-state index < -0.39 is 0 Å². The molecule has 1 fully saturated rings. The third-order valence-electron chi connectivity index (χ3n) is 4.38. The Morgan fingerprint density at radius 2 is 2.11 bits per heavy atom. The first-order chi connectivity index (χ1) is 9.10. The average molecular weight is 270 g/mol. The molecule has 0 aliphatic heterocycles. The van der Waals surface area contributed by atoms with Crippen LogP contribution in [0.4, 0.5) is 4.79 Å². The molecule has 0 aromatic rings. The van der Waals surface area contributed by atoms with Gasteiger partial charge in [-0.1, -0.05) is 26.2 Å². The summed E-state index contributed by atoms with van der Waals surface area (Å²) in [6.07, 6.45) is 7.65. The van der Waals surface area contributed by atoms with Crippen molar-refractivity contribution in [3.8, 4) is 0 Å². The zero-order chi connectivity index (χ0) is 14.3. The monoisotopic (exact) mass is 270 g/mol. The van der Waals surface area contributed by atoms with Crippen LogP contribution in [0.2, 0.25) is 0 Å². The third-order valence-corrected chi connectivity index (χ3v) is 4.38. The molecule has 4 heteroatoms. The Labute approximate surface area is 117 Å². The maximum Gasteiger partial charge on any atom is 0.317 e. The van der Waals surface area contributed by atoms with Crippen LogP contribution >= 0.6 is 0 Å². The first kappa shape index (κ1) is 16.3. The van der Waals surface area contributed by atoms with Crippen molar-refractivity contribution < 1.29 is 9.90 Å². The molecule has 2 amide bonds. The van der Waals surface area contributed by atoms with E-state index in [-0.39, 0.29) is 18.7 Å². The highest BCUT2D eigenvalue weighted by Gasteiger charge is 2.29. The normalized spacial score (nSPS) is 24.8. The molecule has 19 heavy (non-hydrogen) atoms. The molecular formula is C15H30N2O2. The molecular weight excluding hydrogens is 240 g/mol. The molecule has 3 unspecified atom stereocenters. The summed E-state index contributed by atoms with van der Waals surface area (Å²) >= 11 is 0. The maximum absolute atomic E-state index is 12.2. The Hall–Kier alpha value is -0.770. The number of aliphatic hydroxyl groups is 1. The minimum atomic E-state index is 0.0378. The smallest absolute Gasteiger partial charge is 0.317 e. The summed E-state index contributed by atoms with van der Waals surface area (Å²) in [6, 6.07) is 0.561. The van der Waals surface area contributed by atoms with Crippen LogP contribution in [0.25, 0.3) is 0 Å². The van der Waals surface area contributed by atoms with Crippen molar-refractivity contribution in [1.29, 1.82) is 0 Å². The topological polar surface area (TPSA) is 52.6 Å². The zero-order valence-corrected chi connectivity index (χ0v) is 12.7. The van der Waals surface area contributed by atoms with E-state index in [1.807, 2.05) is 18.9 Å². The average Bonchev–Trinajstić information content (AvgIpc) is 2.44. The van der Waals surface area contributed by atoms with Crippen LogP contribution in [-0.2, 0) is 0 Å². The van der Waals surface area contributed by atoms with Gasteiger partial charge in [0.2, 0.25) is 0 Å². The van der Waals surface area contributed by atoms with Crippen molar-refractivity contribution in [2.75, 3.05) is 13.7 Å². The predicted octanol–water partition coefficient (Wildman–Crippen LogP) is 2.76. The summed E-state index contributed by atoms with van der Waals surface area (Å²) in [6.45, 7) is 4.41. The summed E-state index contributed by atoms with van der Waals surface area (Å²) in [5.41, 5.74) is 0. The van der Waals surface area contributed by atoms with Crippen LogP contribution in [0.3, 0.4) is 0 Å². The van der Waals surface area contributed by atoms with Gasteiger partial charge >= 0.3 is 6.03 Å². The van der Waals surface area contributed by atoms with Crippen molar-refractivity contribution in [3.63, 3.8) is 0 Å². The number of rotatable bonds is 6. The van der Waals surface area contributed by atoms with Gasteiger partial charge in [-0.05, 0) is 38.5 Å². The van der Waals surface area contributed by atoms with E-state index in [4.69, 9.17) is 5.11 Å². The lowest BCUT2D eigenvalue weighted by Gasteiger charge is -2.38. The first-order valence-corrected chi connectivity index (χ1v) is 7.74. The number of carbonyl (C=O) groups is 1. The molecule has 0 aromatic heterocycles. The fourth-order valence-electron chi connectivity index (χ4n) is 3.11. The number of nitrogens with zero attached hydrogens (tertiary/aromatic N) is 1. The lowest BCUT2D eigenvalue weighted by atomic mass is 9.82. The van der Waals surface area contributed by atoms with Crippen LogP contribution in [0.15, 0.2) is 0 Å². The van der Waals surface area contributed by atoms with E-state index in [0.717, 1.165) is 25.7 Å². The van der Waals surface area contributed by atoms with Crippen molar-refractivity contribution in [1.82, 2.24) is 10.2 Å². The number of hydrogen-bond donors (Lipinski definition) is 2. The summed E-state index contributed by atoms with van der Waals surface area (Å²) in [5.74, 6) is 0.650. The summed E-state index contributed by atoms with van der Waals surface area (Å²) in [5, 5.41) is 11.8. The van der Waals surface area contributed by atoms with Crippen molar-refractivity contribution in [2.24, 2.45) is 5.92 Å². The molecule has 0 aromatic carbocycles. The SMILES string of the molecule is CCC1CCCCC1N(C)C(=O)NC(C)CCCO. The van der Waals surface area contributed by atoms with E-state index in [9.17, 15) is 4.79 Å². The predicted molar refractivity (Wildman–Crippen MR) is 78.1 cm³/mol. The molecule has 0 heterocycles. The van der Waals surface area contributed by atoms with Crippen molar-refractivity contribution in [2.45, 2.75) is 70.9 Å². The van der Waals surface area contributed by atoms with Crippen LogP contribution in [0.5, 0.6) is 0 Å². The highest BCUT2D eigenvalue weighted by molar-refractivity contribution is 5.74. The largest absolute Gasteiger partial charge is 0.396 e. The fraction of sp³-hybridized carbons (Fsp3) is 0.933. The van der Waals surface area contributed by atoms with Gasteiger partial charge in [0.1, 0.15) is 0 Å². The minimum absolute atomic E-state index is 0.0378. The maximum atomic E-state index is 12.2. The lowest BCUT2D eigenvalue weighted by Crippen LogP contribution is -2.49. The third kappa shape index (κ3) is 5.01. The van der Waals surface area contributed by atoms with Gasteiger partial charge in [-0.2, -0.15) is 0 Å². The van der Waals surface area contributed by atoms with Gasteiger partial charge in [-0.3, -0.25) is 0 Å². The van der Waals surface area contributed by atoms with Gasteiger partial charge in [0.25, 0.3) is 0 Å². The molecule has 0 saturated heterocycles. The highest BCUT2D eigenvalue weighted by atomic mass is 16.3. The van der Waals surface area contributed by atoms with Gasteiger partial charge in [-0.25, -0.2) is 4.79 Å². The Morgan fingerprint density at radius 1 is 1.42 bits per heavy atom. The van der Waals surface area contributed by atoms with Gasteiger partial charge in [0, 0.05) is 25.7 Å². The van der Waals surface area contributed by atoms with E-state index >= 15 is 0 Å². The lowest BCUT2D eigenvalue weighted by molar-refractivity contribution is 0.133. The second kappa shape index (κ2) is 8.41. The van der Waals surface area contributed by atoms with Gasteiger partial charge in [0.05, 0.1) is 0 Å². The highest BCUT2D eigenvalue weighted by Crippen LogP contribution is 2.30. The number of amides is 2. The summed E-state index contributed by atoms with van der Waals surface area (Å²) in [4.78, 5) is 14.1. The Morgan fingerprint density at radius 3 is 2.74 bits per heavy atom. The number of nitrogens with one attached hydrogen (secondary N) is 1. The second-order valence-electron chi connectivity index (χ2n) is 5.85. The fourth-order valence-corrected chi connectivity index (χ4v) is 3.11. The molecule has 1 aliphatic rings. The molecule has 0 bridgehead atoms. The molecule has 4 nitrogen and oxygen atoms in total. The number of aliphatic hydroxyl groups excluding tert-OH is 1. The molecule has 1 saturated carbocycles. The molecule has 112 valence electrons. The molecule has 2 N–H and O–H groups in total. The molecule has 3 atom stereocenters. The molecule has 1 rings (SSSR count). The van der Waals surface area contributed by atoms with Crippen LogP contribution in [-0.4, -0.2) is 41.8 Å². The Balaban J connectivity index is 2.45. The van der Waals surface area contributed by atoms with E-state index in [0.29, 0.717) is 12.0 Å². The van der Waals surface area contributed by atoms with E-state index in [1.165, 1.54) is 19.3 Å². The minimum Gasteiger partial charge on any atom is -0.396 e. The number of hydrogen-bond acceptors (Lipinski definition) is 2. The number of urea groups is 1. The Bertz CT molecular complexity index is 271. The summed E-state index contributed by atoms with van der Waals surface area (Å²) < 4.78 is 0. The Kier molecular flexibility index (Phi) is 7.21. The molecule has 0 radical (unpaired) electrons. The van der Waals surface area contributed by atoms with Gasteiger partial charge < -0.3 is 15.3 Å². The van der Waals surface area contributed by atoms with Crippen LogP contribution < -0.4 is 5.32 Å². The standard InChI is InChI=1S/C15H30N2O2/c1-4-13-9-5-6-10-14(13)17(3)15(19)16-12(2)8-7-11-18/h12-14,18H,4-11H2,1-3H3,(H,16,19).